The fourth-order valence-electron chi connectivity index (χ4n) is 1.35. The van der Waals surface area contributed by atoms with Crippen molar-refractivity contribution in [3.8, 4) is 0 Å². The van der Waals surface area contributed by atoms with Crippen LogP contribution < -0.4 is 5.32 Å². The summed E-state index contributed by atoms with van der Waals surface area (Å²) in [5.41, 5.74) is 0. The highest BCUT2D eigenvalue weighted by Gasteiger charge is 2.17. The molecule has 0 aromatic rings. The number of nitrogens with one attached hydrogen (secondary N) is 1. The molecule has 0 aliphatic rings. The fourth-order valence-corrected chi connectivity index (χ4v) is 2.11. The predicted molar refractivity (Wildman–Crippen MR) is 62.7 cm³/mol. The van der Waals surface area contributed by atoms with E-state index in [-0.39, 0.29) is 0 Å². The van der Waals surface area contributed by atoms with Crippen molar-refractivity contribution >= 4 is 16.0 Å². The van der Waals surface area contributed by atoms with Gasteiger partial charge >= 0.3 is 0 Å². The largest absolute Gasteiger partial charge is 0.349 e. The average Bonchev–Trinajstić information content (AvgIpc) is 2.15. The molecule has 0 aromatic heterocycles. The molecule has 16 heavy (non-hydrogen) atoms. The van der Waals surface area contributed by atoms with Crippen LogP contribution >= 0.6 is 0 Å². The van der Waals surface area contributed by atoms with E-state index in [1.165, 1.54) is 0 Å². The maximum Gasteiger partial charge on any atom is 0.266 e. The zero-order valence-corrected chi connectivity index (χ0v) is 10.3. The van der Waals surface area contributed by atoms with Gasteiger partial charge in [-0.1, -0.05) is 32.8 Å². The molecule has 1 amide bonds. The maximum atomic E-state index is 11.0. The SMILES string of the molecule is C=CC(=O)N[C@@H](CCCCC)CS(=O)(=O)O. The van der Waals surface area contributed by atoms with Crippen LogP contribution in [0.1, 0.15) is 32.6 Å². The van der Waals surface area contributed by atoms with Crippen molar-refractivity contribution in [2.24, 2.45) is 0 Å². The quantitative estimate of drug-likeness (QED) is 0.383. The Kier molecular flexibility index (Phi) is 7.00. The third-order valence-corrected chi connectivity index (χ3v) is 2.92. The lowest BCUT2D eigenvalue weighted by atomic mass is 10.1. The van der Waals surface area contributed by atoms with Gasteiger partial charge in [0.1, 0.15) is 0 Å². The predicted octanol–water partition coefficient (Wildman–Crippen LogP) is 1.13. The Hall–Kier alpha value is -0.880. The van der Waals surface area contributed by atoms with E-state index in [2.05, 4.69) is 11.9 Å². The number of carbonyl (C=O) groups is 1. The van der Waals surface area contributed by atoms with E-state index in [1.54, 1.807) is 0 Å². The van der Waals surface area contributed by atoms with E-state index >= 15 is 0 Å². The van der Waals surface area contributed by atoms with Crippen molar-refractivity contribution in [2.75, 3.05) is 5.75 Å². The Morgan fingerprint density at radius 1 is 1.50 bits per heavy atom. The monoisotopic (exact) mass is 249 g/mol. The van der Waals surface area contributed by atoms with Crippen LogP contribution in [0.5, 0.6) is 0 Å². The van der Waals surface area contributed by atoms with E-state index < -0.39 is 27.8 Å². The van der Waals surface area contributed by atoms with Gasteiger partial charge in [0.2, 0.25) is 5.91 Å². The summed E-state index contributed by atoms with van der Waals surface area (Å²) in [7, 11) is -4.06. The van der Waals surface area contributed by atoms with Crippen molar-refractivity contribution in [3.63, 3.8) is 0 Å². The van der Waals surface area contributed by atoms with Gasteiger partial charge in [-0.2, -0.15) is 8.42 Å². The summed E-state index contributed by atoms with van der Waals surface area (Å²) in [6.45, 7) is 5.31. The van der Waals surface area contributed by atoms with Crippen molar-refractivity contribution in [2.45, 2.75) is 38.6 Å². The highest BCUT2D eigenvalue weighted by Crippen LogP contribution is 2.05. The molecule has 2 N–H and O–H groups in total. The van der Waals surface area contributed by atoms with Crippen LogP contribution in [0.2, 0.25) is 0 Å². The van der Waals surface area contributed by atoms with E-state index in [9.17, 15) is 13.2 Å². The number of hydrogen-bond acceptors (Lipinski definition) is 3. The lowest BCUT2D eigenvalue weighted by Gasteiger charge is -2.15. The lowest BCUT2D eigenvalue weighted by molar-refractivity contribution is -0.117. The van der Waals surface area contributed by atoms with Gasteiger partial charge in [0.25, 0.3) is 10.1 Å². The Labute approximate surface area is 96.7 Å². The molecule has 0 saturated heterocycles. The van der Waals surface area contributed by atoms with Gasteiger partial charge in [-0.15, -0.1) is 0 Å². The molecule has 0 fully saturated rings. The first-order valence-electron chi connectivity index (χ1n) is 5.27. The van der Waals surface area contributed by atoms with E-state index in [1.807, 2.05) is 6.92 Å². The van der Waals surface area contributed by atoms with Gasteiger partial charge in [0, 0.05) is 6.04 Å². The Balaban J connectivity index is 4.26. The molecule has 6 heteroatoms. The molecular formula is C10H19NO4S. The second kappa shape index (κ2) is 7.40. The van der Waals surface area contributed by atoms with E-state index in [0.29, 0.717) is 6.42 Å². The first-order valence-corrected chi connectivity index (χ1v) is 6.88. The van der Waals surface area contributed by atoms with Crippen LogP contribution in [0.4, 0.5) is 0 Å². The Bertz CT molecular complexity index is 324. The molecule has 0 radical (unpaired) electrons. The van der Waals surface area contributed by atoms with Crippen molar-refractivity contribution in [1.29, 1.82) is 0 Å². The van der Waals surface area contributed by atoms with Gasteiger partial charge in [-0.05, 0) is 12.5 Å². The maximum absolute atomic E-state index is 11.0. The van der Waals surface area contributed by atoms with Crippen molar-refractivity contribution in [3.05, 3.63) is 12.7 Å². The molecule has 0 unspecified atom stereocenters. The Morgan fingerprint density at radius 2 is 2.12 bits per heavy atom. The molecule has 0 bridgehead atoms. The number of rotatable bonds is 8. The molecule has 1 atom stereocenters. The highest BCUT2D eigenvalue weighted by molar-refractivity contribution is 7.85. The van der Waals surface area contributed by atoms with Crippen LogP contribution in [-0.4, -0.2) is 30.7 Å². The van der Waals surface area contributed by atoms with Gasteiger partial charge in [0.15, 0.2) is 0 Å². The molecule has 0 aromatic carbocycles. The zero-order valence-electron chi connectivity index (χ0n) is 9.48. The van der Waals surface area contributed by atoms with E-state index in [0.717, 1.165) is 25.3 Å². The third kappa shape index (κ3) is 8.43. The van der Waals surface area contributed by atoms with Gasteiger partial charge in [-0.3, -0.25) is 9.35 Å². The number of amides is 1. The van der Waals surface area contributed by atoms with Crippen LogP contribution in [0, 0.1) is 0 Å². The highest BCUT2D eigenvalue weighted by atomic mass is 32.2. The first-order chi connectivity index (χ1) is 7.39. The second-order valence-corrected chi connectivity index (χ2v) is 5.15. The second-order valence-electron chi connectivity index (χ2n) is 3.65. The summed E-state index contributed by atoms with van der Waals surface area (Å²) in [5, 5.41) is 2.49. The number of carbonyl (C=O) groups excluding carboxylic acids is 1. The van der Waals surface area contributed by atoms with Crippen LogP contribution in [0.25, 0.3) is 0 Å². The molecule has 0 saturated carbocycles. The summed E-state index contributed by atoms with van der Waals surface area (Å²) in [4.78, 5) is 11.0. The minimum absolute atomic E-state index is 0.426. The number of hydrogen-bond donors (Lipinski definition) is 2. The normalized spacial score (nSPS) is 13.1. The van der Waals surface area contributed by atoms with Crippen molar-refractivity contribution < 1.29 is 17.8 Å². The smallest absolute Gasteiger partial charge is 0.266 e. The summed E-state index contributed by atoms with van der Waals surface area (Å²) in [5.74, 6) is -0.874. The molecule has 0 rings (SSSR count). The molecule has 0 spiro atoms. The Morgan fingerprint density at radius 3 is 2.56 bits per heavy atom. The van der Waals surface area contributed by atoms with Crippen LogP contribution in [0.15, 0.2) is 12.7 Å². The summed E-state index contributed by atoms with van der Waals surface area (Å²) in [6, 6.07) is -0.549. The average molecular weight is 249 g/mol. The van der Waals surface area contributed by atoms with Crippen molar-refractivity contribution in [1.82, 2.24) is 5.32 Å². The molecule has 0 aliphatic heterocycles. The standard InChI is InChI=1S/C10H19NO4S/c1-3-5-6-7-9(8-16(13,14)15)11-10(12)4-2/h4,9H,2-3,5-8H2,1H3,(H,11,12)(H,13,14,15)/t9-/m0/s1. The molecule has 0 aliphatic carbocycles. The molecule has 5 nitrogen and oxygen atoms in total. The molecule has 0 heterocycles. The number of unbranched alkanes of at least 4 members (excludes halogenated alkanes) is 2. The molecule has 94 valence electrons. The summed E-state index contributed by atoms with van der Waals surface area (Å²) in [6.07, 6.45) is 4.40. The minimum atomic E-state index is -4.06. The van der Waals surface area contributed by atoms with E-state index in [4.69, 9.17) is 4.55 Å². The van der Waals surface area contributed by atoms with Gasteiger partial charge in [-0.25, -0.2) is 0 Å². The fraction of sp³-hybridized carbons (Fsp3) is 0.700. The zero-order chi connectivity index (χ0) is 12.6. The summed E-state index contributed by atoms with van der Waals surface area (Å²) >= 11 is 0. The van der Waals surface area contributed by atoms with Gasteiger partial charge in [0.05, 0.1) is 5.75 Å². The van der Waals surface area contributed by atoms with Crippen LogP contribution in [0.3, 0.4) is 0 Å². The topological polar surface area (TPSA) is 83.5 Å². The van der Waals surface area contributed by atoms with Crippen LogP contribution in [-0.2, 0) is 14.9 Å². The summed E-state index contributed by atoms with van der Waals surface area (Å²) < 4.78 is 30.2. The first kappa shape index (κ1) is 15.1. The minimum Gasteiger partial charge on any atom is -0.349 e. The molecular weight excluding hydrogens is 230 g/mol. The lowest BCUT2D eigenvalue weighted by Crippen LogP contribution is -2.38. The third-order valence-electron chi connectivity index (χ3n) is 2.10. The van der Waals surface area contributed by atoms with Gasteiger partial charge < -0.3 is 5.32 Å².